The zero-order chi connectivity index (χ0) is 9.97. The van der Waals surface area contributed by atoms with Gasteiger partial charge in [-0.2, -0.15) is 5.10 Å². The van der Waals surface area contributed by atoms with E-state index in [0.29, 0.717) is 6.04 Å². The van der Waals surface area contributed by atoms with Gasteiger partial charge in [0.25, 0.3) is 0 Å². The van der Waals surface area contributed by atoms with Gasteiger partial charge in [-0.3, -0.25) is 4.68 Å². The maximum absolute atomic E-state index is 5.69. The summed E-state index contributed by atoms with van der Waals surface area (Å²) in [5.41, 5.74) is 1.17. The quantitative estimate of drug-likeness (QED) is 0.768. The van der Waals surface area contributed by atoms with E-state index in [2.05, 4.69) is 24.3 Å². The zero-order valence-corrected chi connectivity index (χ0v) is 8.73. The highest BCUT2D eigenvalue weighted by atomic mass is 16.5. The Labute approximate surface area is 84.3 Å². The van der Waals surface area contributed by atoms with Crippen molar-refractivity contribution in [3.63, 3.8) is 0 Å². The van der Waals surface area contributed by atoms with Crippen LogP contribution in [0.15, 0.2) is 12.3 Å². The summed E-state index contributed by atoms with van der Waals surface area (Å²) >= 11 is 0. The minimum absolute atomic E-state index is 0.161. The van der Waals surface area contributed by atoms with Crippen LogP contribution in [0.2, 0.25) is 0 Å². The highest BCUT2D eigenvalue weighted by molar-refractivity contribution is 5.07. The Morgan fingerprint density at radius 2 is 2.50 bits per heavy atom. The van der Waals surface area contributed by atoms with Crippen LogP contribution in [-0.4, -0.2) is 29.5 Å². The Balaban J connectivity index is 2.17. The van der Waals surface area contributed by atoms with E-state index in [-0.39, 0.29) is 6.10 Å². The average Bonchev–Trinajstić information content (AvgIpc) is 2.67. The molecule has 1 aliphatic rings. The molecule has 14 heavy (non-hydrogen) atoms. The van der Waals surface area contributed by atoms with Crippen molar-refractivity contribution in [3.05, 3.63) is 18.0 Å². The number of hydrogen-bond donors (Lipinski definition) is 1. The van der Waals surface area contributed by atoms with Crippen molar-refractivity contribution >= 4 is 0 Å². The monoisotopic (exact) mass is 195 g/mol. The number of hydrogen-bond acceptors (Lipinski definition) is 3. The fourth-order valence-electron chi connectivity index (χ4n) is 1.77. The fraction of sp³-hybridized carbons (Fsp3) is 0.700. The Morgan fingerprint density at radius 3 is 3.14 bits per heavy atom. The second-order valence-corrected chi connectivity index (χ2v) is 3.86. The Bertz CT molecular complexity index is 289. The maximum Gasteiger partial charge on any atom is 0.112 e. The summed E-state index contributed by atoms with van der Waals surface area (Å²) in [6, 6.07) is 2.43. The van der Waals surface area contributed by atoms with Gasteiger partial charge in [0, 0.05) is 25.3 Å². The molecule has 2 heterocycles. The first-order chi connectivity index (χ1) is 6.79. The third kappa shape index (κ3) is 1.81. The molecule has 0 radical (unpaired) electrons. The first kappa shape index (κ1) is 9.68. The van der Waals surface area contributed by atoms with Crippen LogP contribution in [-0.2, 0) is 4.74 Å². The molecule has 1 unspecified atom stereocenters. The van der Waals surface area contributed by atoms with Crippen molar-refractivity contribution in [1.29, 1.82) is 0 Å². The smallest absolute Gasteiger partial charge is 0.112 e. The van der Waals surface area contributed by atoms with E-state index in [1.807, 2.05) is 16.9 Å². The van der Waals surface area contributed by atoms with Gasteiger partial charge in [0.15, 0.2) is 0 Å². The molecule has 4 heteroatoms. The van der Waals surface area contributed by atoms with E-state index in [1.54, 1.807) is 0 Å². The summed E-state index contributed by atoms with van der Waals surface area (Å²) in [4.78, 5) is 0. The molecular formula is C10H17N3O. The molecule has 1 atom stereocenters. The van der Waals surface area contributed by atoms with Crippen LogP contribution in [0.25, 0.3) is 0 Å². The number of morpholine rings is 1. The number of aromatic nitrogens is 2. The predicted octanol–water partition coefficient (Wildman–Crippen LogP) is 1.12. The van der Waals surface area contributed by atoms with E-state index in [4.69, 9.17) is 4.74 Å². The summed E-state index contributed by atoms with van der Waals surface area (Å²) in [6.07, 6.45) is 2.00. The van der Waals surface area contributed by atoms with E-state index < -0.39 is 0 Å². The van der Waals surface area contributed by atoms with Crippen LogP contribution >= 0.6 is 0 Å². The average molecular weight is 195 g/mol. The second-order valence-electron chi connectivity index (χ2n) is 3.86. The number of ether oxygens (including phenoxy) is 1. The van der Waals surface area contributed by atoms with Crippen LogP contribution in [0.3, 0.4) is 0 Å². The Hall–Kier alpha value is -0.870. The molecular weight excluding hydrogens is 178 g/mol. The molecule has 78 valence electrons. The first-order valence-corrected chi connectivity index (χ1v) is 5.15. The molecule has 1 fully saturated rings. The van der Waals surface area contributed by atoms with Gasteiger partial charge in [0.1, 0.15) is 6.10 Å². The van der Waals surface area contributed by atoms with Gasteiger partial charge in [-0.25, -0.2) is 0 Å². The van der Waals surface area contributed by atoms with Crippen molar-refractivity contribution in [2.45, 2.75) is 26.0 Å². The lowest BCUT2D eigenvalue weighted by Gasteiger charge is -2.25. The zero-order valence-electron chi connectivity index (χ0n) is 8.73. The molecule has 0 aliphatic carbocycles. The lowest BCUT2D eigenvalue weighted by molar-refractivity contribution is 0.0214. The van der Waals surface area contributed by atoms with Crippen molar-refractivity contribution < 1.29 is 4.74 Å². The highest BCUT2D eigenvalue weighted by Gasteiger charge is 2.20. The predicted molar refractivity (Wildman–Crippen MR) is 54.2 cm³/mol. The minimum atomic E-state index is 0.161. The molecule has 0 bridgehead atoms. The van der Waals surface area contributed by atoms with Crippen molar-refractivity contribution in [2.24, 2.45) is 0 Å². The van der Waals surface area contributed by atoms with E-state index >= 15 is 0 Å². The summed E-state index contributed by atoms with van der Waals surface area (Å²) in [6.45, 7) is 6.89. The summed E-state index contributed by atoms with van der Waals surface area (Å²) in [5.74, 6) is 0. The van der Waals surface area contributed by atoms with Crippen molar-refractivity contribution in [1.82, 2.24) is 15.1 Å². The number of nitrogens with one attached hydrogen (secondary N) is 1. The lowest BCUT2D eigenvalue weighted by Crippen LogP contribution is -2.34. The minimum Gasteiger partial charge on any atom is -0.369 e. The topological polar surface area (TPSA) is 39.1 Å². The van der Waals surface area contributed by atoms with E-state index in [0.717, 1.165) is 19.7 Å². The third-order valence-electron chi connectivity index (χ3n) is 2.45. The molecule has 2 rings (SSSR count). The Kier molecular flexibility index (Phi) is 2.84. The van der Waals surface area contributed by atoms with Gasteiger partial charge in [-0.15, -0.1) is 0 Å². The standard InChI is InChI=1S/C10H17N3O/c1-8(2)13-9(3-4-12-13)10-7-11-5-6-14-10/h3-4,8,10-11H,5-7H2,1-2H3. The maximum atomic E-state index is 5.69. The normalized spacial score (nSPS) is 22.9. The molecule has 1 saturated heterocycles. The second kappa shape index (κ2) is 4.11. The highest BCUT2D eigenvalue weighted by Crippen LogP contribution is 2.20. The molecule has 1 aromatic heterocycles. The molecule has 1 N–H and O–H groups in total. The van der Waals surface area contributed by atoms with Crippen molar-refractivity contribution in [2.75, 3.05) is 19.7 Å². The van der Waals surface area contributed by atoms with Gasteiger partial charge < -0.3 is 10.1 Å². The molecule has 4 nitrogen and oxygen atoms in total. The third-order valence-corrected chi connectivity index (χ3v) is 2.45. The van der Waals surface area contributed by atoms with Gasteiger partial charge in [0.05, 0.1) is 12.3 Å². The van der Waals surface area contributed by atoms with Crippen LogP contribution < -0.4 is 5.32 Å². The van der Waals surface area contributed by atoms with Crippen LogP contribution in [0, 0.1) is 0 Å². The molecule has 0 amide bonds. The van der Waals surface area contributed by atoms with Gasteiger partial charge in [-0.05, 0) is 19.9 Å². The van der Waals surface area contributed by atoms with E-state index in [1.165, 1.54) is 5.69 Å². The van der Waals surface area contributed by atoms with Crippen molar-refractivity contribution in [3.8, 4) is 0 Å². The molecule has 1 aliphatic heterocycles. The first-order valence-electron chi connectivity index (χ1n) is 5.15. The van der Waals surface area contributed by atoms with Crippen LogP contribution in [0.5, 0.6) is 0 Å². The number of nitrogens with zero attached hydrogens (tertiary/aromatic N) is 2. The Morgan fingerprint density at radius 1 is 1.64 bits per heavy atom. The summed E-state index contributed by atoms with van der Waals surface area (Å²) in [7, 11) is 0. The molecule has 0 saturated carbocycles. The van der Waals surface area contributed by atoms with Gasteiger partial charge in [0.2, 0.25) is 0 Å². The summed E-state index contributed by atoms with van der Waals surface area (Å²) in [5, 5.41) is 7.62. The molecule has 1 aromatic rings. The number of rotatable bonds is 2. The fourth-order valence-corrected chi connectivity index (χ4v) is 1.77. The van der Waals surface area contributed by atoms with Crippen LogP contribution in [0.4, 0.5) is 0 Å². The molecule has 0 spiro atoms. The van der Waals surface area contributed by atoms with Crippen LogP contribution in [0.1, 0.15) is 31.7 Å². The van der Waals surface area contributed by atoms with Gasteiger partial charge in [-0.1, -0.05) is 0 Å². The van der Waals surface area contributed by atoms with Gasteiger partial charge >= 0.3 is 0 Å². The largest absolute Gasteiger partial charge is 0.369 e. The van der Waals surface area contributed by atoms with E-state index in [9.17, 15) is 0 Å². The lowest BCUT2D eigenvalue weighted by atomic mass is 10.2. The molecule has 0 aromatic carbocycles. The summed E-state index contributed by atoms with van der Waals surface area (Å²) < 4.78 is 7.72. The SMILES string of the molecule is CC(C)n1nccc1C1CNCCO1.